The van der Waals surface area contributed by atoms with E-state index in [0.717, 1.165) is 12.3 Å². The number of likely N-dealkylation sites (N-methyl/N-ethyl adjacent to an activating group) is 1. The second kappa shape index (κ2) is 7.28. The molecule has 0 radical (unpaired) electrons. The van der Waals surface area contributed by atoms with Gasteiger partial charge in [-0.2, -0.15) is 0 Å². The smallest absolute Gasteiger partial charge is 0.238 e. The maximum atomic E-state index is 11.9. The van der Waals surface area contributed by atoms with E-state index in [-0.39, 0.29) is 12.5 Å². The Morgan fingerprint density at radius 1 is 1.29 bits per heavy atom. The molecule has 21 heavy (non-hydrogen) atoms. The fourth-order valence-electron chi connectivity index (χ4n) is 1.90. The van der Waals surface area contributed by atoms with E-state index in [2.05, 4.69) is 22.5 Å². The molecule has 1 unspecified atom stereocenters. The zero-order chi connectivity index (χ0) is 15.2. The lowest BCUT2D eigenvalue weighted by Crippen LogP contribution is -2.38. The largest absolute Gasteiger partial charge is 0.486 e. The first-order valence-corrected chi connectivity index (χ1v) is 7.13. The van der Waals surface area contributed by atoms with Gasteiger partial charge in [0.2, 0.25) is 5.91 Å². The highest BCUT2D eigenvalue weighted by atomic mass is 16.6. The summed E-state index contributed by atoms with van der Waals surface area (Å²) in [6.07, 6.45) is 0. The van der Waals surface area contributed by atoms with Crippen molar-refractivity contribution < 1.29 is 14.3 Å². The van der Waals surface area contributed by atoms with Crippen molar-refractivity contribution in [2.45, 2.75) is 13.0 Å². The molecule has 1 heterocycles. The van der Waals surface area contributed by atoms with Crippen molar-refractivity contribution in [1.82, 2.24) is 10.2 Å². The van der Waals surface area contributed by atoms with Crippen molar-refractivity contribution in [3.63, 3.8) is 0 Å². The Morgan fingerprint density at radius 2 is 2.00 bits per heavy atom. The first-order chi connectivity index (χ1) is 10.1. The van der Waals surface area contributed by atoms with Gasteiger partial charge in [-0.3, -0.25) is 4.79 Å². The summed E-state index contributed by atoms with van der Waals surface area (Å²) in [6, 6.07) is 5.79. The van der Waals surface area contributed by atoms with Gasteiger partial charge in [0.1, 0.15) is 13.2 Å². The van der Waals surface area contributed by atoms with E-state index in [1.807, 2.05) is 26.2 Å². The molecule has 0 aliphatic carbocycles. The van der Waals surface area contributed by atoms with Gasteiger partial charge in [0.25, 0.3) is 0 Å². The predicted octanol–water partition coefficient (Wildman–Crippen LogP) is 0.936. The first kappa shape index (κ1) is 15.6. The number of hydrogen-bond donors (Lipinski definition) is 2. The molecule has 0 bridgehead atoms. The number of carbonyl (C=O) groups is 1. The van der Waals surface area contributed by atoms with Crippen LogP contribution in [0.5, 0.6) is 11.5 Å². The van der Waals surface area contributed by atoms with Crippen LogP contribution in [-0.4, -0.2) is 57.2 Å². The zero-order valence-corrected chi connectivity index (χ0v) is 12.8. The number of benzene rings is 1. The first-order valence-electron chi connectivity index (χ1n) is 7.13. The summed E-state index contributed by atoms with van der Waals surface area (Å²) < 4.78 is 10.9. The van der Waals surface area contributed by atoms with Crippen LogP contribution in [0.1, 0.15) is 6.92 Å². The predicted molar refractivity (Wildman–Crippen MR) is 82.1 cm³/mol. The number of ether oxygens (including phenoxy) is 2. The monoisotopic (exact) mass is 293 g/mol. The Bertz CT molecular complexity index is 491. The van der Waals surface area contributed by atoms with Crippen LogP contribution in [0, 0.1) is 0 Å². The molecule has 0 aromatic heterocycles. The molecule has 2 N–H and O–H groups in total. The average molecular weight is 293 g/mol. The van der Waals surface area contributed by atoms with Crippen LogP contribution in [0.3, 0.4) is 0 Å². The van der Waals surface area contributed by atoms with E-state index < -0.39 is 0 Å². The van der Waals surface area contributed by atoms with Crippen LogP contribution in [0.15, 0.2) is 18.2 Å². The molecular formula is C15H23N3O3. The molecule has 1 aliphatic heterocycles. The highest BCUT2D eigenvalue weighted by Gasteiger charge is 2.13. The molecule has 1 aromatic carbocycles. The number of amides is 1. The lowest BCUT2D eigenvalue weighted by molar-refractivity contribution is -0.115. The molecular weight excluding hydrogens is 270 g/mol. The summed E-state index contributed by atoms with van der Waals surface area (Å²) in [7, 11) is 4.03. The second-order valence-electron chi connectivity index (χ2n) is 5.35. The normalized spacial score (nSPS) is 14.9. The molecule has 1 amide bonds. The Hall–Kier alpha value is -1.79. The molecule has 6 nitrogen and oxygen atoms in total. The van der Waals surface area contributed by atoms with Crippen LogP contribution in [0.2, 0.25) is 0 Å². The maximum absolute atomic E-state index is 11.9. The summed E-state index contributed by atoms with van der Waals surface area (Å²) in [4.78, 5) is 14.0. The molecule has 0 saturated heterocycles. The number of nitrogens with zero attached hydrogens (tertiary/aromatic N) is 1. The van der Waals surface area contributed by atoms with Crippen LogP contribution in [0.25, 0.3) is 0 Å². The lowest BCUT2D eigenvalue weighted by Gasteiger charge is -2.20. The van der Waals surface area contributed by atoms with Crippen molar-refractivity contribution in [2.75, 3.05) is 45.7 Å². The Labute approximate surface area is 125 Å². The van der Waals surface area contributed by atoms with Crippen molar-refractivity contribution in [3.8, 4) is 11.5 Å². The molecule has 1 aliphatic rings. The Kier molecular flexibility index (Phi) is 5.41. The summed E-state index contributed by atoms with van der Waals surface area (Å²) in [5.41, 5.74) is 0.715. The molecule has 2 rings (SSSR count). The fraction of sp³-hybridized carbons (Fsp3) is 0.533. The Morgan fingerprint density at radius 3 is 2.71 bits per heavy atom. The number of nitrogens with one attached hydrogen (secondary N) is 2. The van der Waals surface area contributed by atoms with Gasteiger partial charge in [0, 0.05) is 24.3 Å². The third-order valence-electron chi connectivity index (χ3n) is 3.43. The minimum atomic E-state index is -0.0716. The highest BCUT2D eigenvalue weighted by Crippen LogP contribution is 2.32. The van der Waals surface area contributed by atoms with E-state index in [4.69, 9.17) is 9.47 Å². The lowest BCUT2D eigenvalue weighted by atomic mass is 10.2. The van der Waals surface area contributed by atoms with Crippen LogP contribution >= 0.6 is 0 Å². The minimum absolute atomic E-state index is 0.0716. The summed E-state index contributed by atoms with van der Waals surface area (Å²) in [5, 5.41) is 5.98. The van der Waals surface area contributed by atoms with E-state index in [9.17, 15) is 4.79 Å². The average Bonchev–Trinajstić information content (AvgIpc) is 2.46. The zero-order valence-electron chi connectivity index (χ0n) is 12.8. The van der Waals surface area contributed by atoms with E-state index in [1.54, 1.807) is 6.07 Å². The molecule has 0 spiro atoms. The second-order valence-corrected chi connectivity index (χ2v) is 5.35. The van der Waals surface area contributed by atoms with Gasteiger partial charge in [-0.25, -0.2) is 0 Å². The summed E-state index contributed by atoms with van der Waals surface area (Å²) in [5.74, 6) is 1.32. The van der Waals surface area contributed by atoms with Gasteiger partial charge >= 0.3 is 0 Å². The van der Waals surface area contributed by atoms with Crippen molar-refractivity contribution in [3.05, 3.63) is 18.2 Å². The van der Waals surface area contributed by atoms with Gasteiger partial charge in [-0.05, 0) is 33.2 Å². The SMILES string of the molecule is CC(CNCC(=O)Nc1ccc2c(c1)OCCO2)N(C)C. The van der Waals surface area contributed by atoms with Gasteiger partial charge < -0.3 is 25.0 Å². The van der Waals surface area contributed by atoms with E-state index in [1.165, 1.54) is 0 Å². The van der Waals surface area contributed by atoms with E-state index in [0.29, 0.717) is 30.7 Å². The third kappa shape index (κ3) is 4.61. The van der Waals surface area contributed by atoms with E-state index >= 15 is 0 Å². The number of rotatable bonds is 6. The number of hydrogen-bond acceptors (Lipinski definition) is 5. The third-order valence-corrected chi connectivity index (χ3v) is 3.43. The van der Waals surface area contributed by atoms with Crippen molar-refractivity contribution in [1.29, 1.82) is 0 Å². The fourth-order valence-corrected chi connectivity index (χ4v) is 1.90. The van der Waals surface area contributed by atoms with Crippen LogP contribution in [0.4, 0.5) is 5.69 Å². The molecule has 116 valence electrons. The summed E-state index contributed by atoms with van der Waals surface area (Å²) >= 11 is 0. The van der Waals surface area contributed by atoms with Crippen LogP contribution < -0.4 is 20.1 Å². The van der Waals surface area contributed by atoms with Gasteiger partial charge in [-0.1, -0.05) is 0 Å². The van der Waals surface area contributed by atoms with Crippen molar-refractivity contribution in [2.24, 2.45) is 0 Å². The molecule has 0 saturated carbocycles. The molecule has 1 aromatic rings. The Balaban J connectivity index is 1.80. The summed E-state index contributed by atoms with van der Waals surface area (Å²) in [6.45, 7) is 4.25. The topological polar surface area (TPSA) is 62.8 Å². The quantitative estimate of drug-likeness (QED) is 0.817. The number of carbonyl (C=O) groups excluding carboxylic acids is 1. The maximum Gasteiger partial charge on any atom is 0.238 e. The molecule has 0 fully saturated rings. The van der Waals surface area contributed by atoms with Crippen molar-refractivity contribution >= 4 is 11.6 Å². The van der Waals surface area contributed by atoms with Gasteiger partial charge in [0.15, 0.2) is 11.5 Å². The number of fused-ring (bicyclic) bond motifs is 1. The molecule has 1 atom stereocenters. The minimum Gasteiger partial charge on any atom is -0.486 e. The van der Waals surface area contributed by atoms with Crippen LogP contribution in [-0.2, 0) is 4.79 Å². The van der Waals surface area contributed by atoms with Gasteiger partial charge in [-0.15, -0.1) is 0 Å². The standard InChI is InChI=1S/C15H23N3O3/c1-11(18(2)3)9-16-10-15(19)17-12-4-5-13-14(8-12)21-7-6-20-13/h4-5,8,11,16H,6-7,9-10H2,1-3H3,(H,17,19). The molecule has 6 heteroatoms. The highest BCUT2D eigenvalue weighted by molar-refractivity contribution is 5.92. The van der Waals surface area contributed by atoms with Gasteiger partial charge in [0.05, 0.1) is 6.54 Å². The number of anilines is 1.